The monoisotopic (exact) mass is 938 g/mol. The second kappa shape index (κ2) is 42.1. The molecule has 0 fully saturated rings. The highest BCUT2D eigenvalue weighted by Gasteiger charge is 2.28. The molecule has 0 amide bonds. The maximum atomic E-state index is 12.7. The van der Waals surface area contributed by atoms with Crippen LogP contribution in [0.25, 0.3) is 0 Å². The summed E-state index contributed by atoms with van der Waals surface area (Å²) < 4.78 is 47.6. The molecule has 64 heavy (non-hydrogen) atoms. The van der Waals surface area contributed by atoms with Crippen LogP contribution in [0, 0.1) is 0 Å². The number of aliphatic hydroxyl groups is 2. The standard InChI is InChI=1S/C48H76O14P2/c1-3-5-6-7-8-9-10-11-12-13-14-15-16-20-23-26-29-32-35-38-47(51)58-42-46(43-61-64(56,57)60-41-45(50)40-59-63(53,54)55)62-48(52)39-36-33-30-27-24-21-18-17-19-22-25-28-31-34-37-44(49)4-2/h8-9,11-12,14-15,18-23,27-32,34,37,44-46,49-50H,3-7,10,13,16-17,24-26,33,35-36,38-43H2,1-2H3,(H,56,57)(H2,53,54,55)/b9-8-,12-11-,15-14-,21-18-,22-19-,23-20-,30-27-,31-28-,32-29-,37-34+/t44-,45+,46-/m1/s1. The number of esters is 2. The van der Waals surface area contributed by atoms with Crippen molar-refractivity contribution < 1.29 is 66.7 Å². The lowest BCUT2D eigenvalue weighted by molar-refractivity contribution is -0.161. The summed E-state index contributed by atoms with van der Waals surface area (Å²) in [7, 11) is -9.75. The van der Waals surface area contributed by atoms with Gasteiger partial charge in [-0.1, -0.05) is 148 Å². The Morgan fingerprint density at radius 2 is 0.984 bits per heavy atom. The molecule has 0 rings (SSSR count). The number of allylic oxidation sites excluding steroid dienone is 19. The van der Waals surface area contributed by atoms with E-state index in [1.165, 1.54) is 19.3 Å². The molecule has 0 bridgehead atoms. The van der Waals surface area contributed by atoms with Gasteiger partial charge in [0, 0.05) is 12.8 Å². The van der Waals surface area contributed by atoms with Gasteiger partial charge in [0.25, 0.3) is 0 Å². The molecule has 0 aromatic heterocycles. The van der Waals surface area contributed by atoms with Crippen LogP contribution in [0.5, 0.6) is 0 Å². The van der Waals surface area contributed by atoms with Gasteiger partial charge in [-0.25, -0.2) is 9.13 Å². The van der Waals surface area contributed by atoms with E-state index in [4.69, 9.17) is 23.8 Å². The predicted octanol–water partition coefficient (Wildman–Crippen LogP) is 10.6. The van der Waals surface area contributed by atoms with E-state index < -0.39 is 72.3 Å². The number of ether oxygens (including phenoxy) is 2. The molecule has 0 aliphatic rings. The van der Waals surface area contributed by atoms with E-state index in [-0.39, 0.29) is 12.8 Å². The van der Waals surface area contributed by atoms with Gasteiger partial charge in [0.1, 0.15) is 12.7 Å². The third-order valence-electron chi connectivity index (χ3n) is 8.50. The van der Waals surface area contributed by atoms with Crippen LogP contribution in [0.4, 0.5) is 0 Å². The highest BCUT2D eigenvalue weighted by atomic mass is 31.2. The predicted molar refractivity (Wildman–Crippen MR) is 254 cm³/mol. The Balaban J connectivity index is 4.76. The van der Waals surface area contributed by atoms with E-state index >= 15 is 0 Å². The molecule has 362 valence electrons. The van der Waals surface area contributed by atoms with Crippen LogP contribution >= 0.6 is 15.6 Å². The van der Waals surface area contributed by atoms with Crippen molar-refractivity contribution in [2.24, 2.45) is 0 Å². The summed E-state index contributed by atoms with van der Waals surface area (Å²) in [4.78, 5) is 52.7. The molecule has 0 saturated heterocycles. The van der Waals surface area contributed by atoms with Crippen molar-refractivity contribution in [3.05, 3.63) is 122 Å². The van der Waals surface area contributed by atoms with Crippen molar-refractivity contribution in [2.45, 2.75) is 141 Å². The van der Waals surface area contributed by atoms with Gasteiger partial charge in [-0.2, -0.15) is 0 Å². The Hall–Kier alpha value is -3.52. The second-order valence-corrected chi connectivity index (χ2v) is 17.1. The Kier molecular flexibility index (Phi) is 39.8. The summed E-state index contributed by atoms with van der Waals surface area (Å²) in [5.41, 5.74) is 0. The van der Waals surface area contributed by atoms with Crippen LogP contribution in [0.1, 0.15) is 123 Å². The van der Waals surface area contributed by atoms with Gasteiger partial charge in [-0.3, -0.25) is 23.2 Å². The Bertz CT molecular complexity index is 1600. The van der Waals surface area contributed by atoms with E-state index in [0.717, 1.165) is 44.9 Å². The van der Waals surface area contributed by atoms with E-state index in [1.807, 2.05) is 61.6 Å². The van der Waals surface area contributed by atoms with Crippen LogP contribution in [-0.2, 0) is 41.8 Å². The molecule has 0 radical (unpaired) electrons. The van der Waals surface area contributed by atoms with Crippen molar-refractivity contribution in [3.63, 3.8) is 0 Å². The maximum absolute atomic E-state index is 12.7. The number of carbonyl (C=O) groups excluding carboxylic acids is 2. The van der Waals surface area contributed by atoms with Crippen LogP contribution < -0.4 is 0 Å². The Morgan fingerprint density at radius 1 is 0.516 bits per heavy atom. The number of hydrogen-bond donors (Lipinski definition) is 5. The number of carbonyl (C=O) groups is 2. The molecule has 0 spiro atoms. The fourth-order valence-electron chi connectivity index (χ4n) is 4.96. The minimum Gasteiger partial charge on any atom is -0.462 e. The first-order valence-corrected chi connectivity index (χ1v) is 25.4. The molecule has 16 heteroatoms. The topological polar surface area (TPSA) is 216 Å². The zero-order valence-electron chi connectivity index (χ0n) is 37.9. The van der Waals surface area contributed by atoms with Crippen LogP contribution in [0.2, 0.25) is 0 Å². The van der Waals surface area contributed by atoms with Gasteiger partial charge in [0.2, 0.25) is 0 Å². The van der Waals surface area contributed by atoms with E-state index in [0.29, 0.717) is 32.1 Å². The Morgan fingerprint density at radius 3 is 1.50 bits per heavy atom. The number of phosphoric ester groups is 2. The number of hydrogen-bond acceptors (Lipinski definition) is 11. The first kappa shape index (κ1) is 60.5. The minimum absolute atomic E-state index is 0.0160. The van der Waals surface area contributed by atoms with Gasteiger partial charge in [-0.15, -0.1) is 0 Å². The third-order valence-corrected chi connectivity index (χ3v) is 9.93. The lowest BCUT2D eigenvalue weighted by Crippen LogP contribution is -2.29. The highest BCUT2D eigenvalue weighted by molar-refractivity contribution is 7.47. The summed E-state index contributed by atoms with van der Waals surface area (Å²) in [6, 6.07) is 0. The van der Waals surface area contributed by atoms with Crippen LogP contribution in [0.3, 0.4) is 0 Å². The molecule has 0 saturated carbocycles. The number of unbranched alkanes of at least 4 members (excludes halogenated alkanes) is 4. The average Bonchev–Trinajstić information content (AvgIpc) is 3.26. The highest BCUT2D eigenvalue weighted by Crippen LogP contribution is 2.43. The Labute approximate surface area is 382 Å². The molecular weight excluding hydrogens is 862 g/mol. The average molecular weight is 939 g/mol. The maximum Gasteiger partial charge on any atom is 0.472 e. The molecule has 14 nitrogen and oxygen atoms in total. The van der Waals surface area contributed by atoms with E-state index in [1.54, 1.807) is 6.08 Å². The number of aliphatic hydroxyl groups excluding tert-OH is 2. The lowest BCUT2D eigenvalue weighted by Gasteiger charge is -2.20. The fourth-order valence-corrected chi connectivity index (χ4v) is 6.12. The summed E-state index contributed by atoms with van der Waals surface area (Å²) in [6.45, 7) is 1.22. The van der Waals surface area contributed by atoms with Crippen molar-refractivity contribution in [1.82, 2.24) is 0 Å². The van der Waals surface area contributed by atoms with Crippen LogP contribution in [0.15, 0.2) is 122 Å². The molecule has 4 atom stereocenters. The molecule has 0 aliphatic carbocycles. The van der Waals surface area contributed by atoms with Gasteiger partial charge in [0.15, 0.2) is 6.10 Å². The molecule has 0 heterocycles. The zero-order chi connectivity index (χ0) is 47.4. The molecule has 0 aromatic rings. The van der Waals surface area contributed by atoms with Crippen molar-refractivity contribution in [1.29, 1.82) is 0 Å². The molecule has 5 N–H and O–H groups in total. The number of rotatable bonds is 40. The fraction of sp³-hybridized carbons (Fsp3) is 0.542. The summed E-state index contributed by atoms with van der Waals surface area (Å²) in [5.74, 6) is -1.23. The van der Waals surface area contributed by atoms with Gasteiger partial charge >= 0.3 is 27.6 Å². The molecule has 0 aromatic carbocycles. The van der Waals surface area contributed by atoms with Crippen molar-refractivity contribution >= 4 is 27.6 Å². The molecule has 1 unspecified atom stereocenters. The van der Waals surface area contributed by atoms with Crippen molar-refractivity contribution in [2.75, 3.05) is 26.4 Å². The van der Waals surface area contributed by atoms with Gasteiger partial charge < -0.3 is 34.4 Å². The summed E-state index contributed by atoms with van der Waals surface area (Å²) in [6.07, 6.45) is 50.2. The quantitative estimate of drug-likeness (QED) is 0.0127. The SMILES string of the molecule is CCCCC/C=C\C/C=C\C/C=C\C/C=C\C/C=C\CCC(=O)OC[C@H](COP(=O)(O)OC[C@@H](O)COP(=O)(O)O)OC(=O)CCC/C=C\C/C=C\C/C=C\C/C=C\C=C\[C@H](O)CC. The third kappa shape index (κ3) is 45.1. The number of phosphoric acid groups is 2. The molecule has 0 aliphatic heterocycles. The van der Waals surface area contributed by atoms with E-state index in [2.05, 4.69) is 76.7 Å². The summed E-state index contributed by atoms with van der Waals surface area (Å²) in [5, 5.41) is 19.2. The van der Waals surface area contributed by atoms with Crippen molar-refractivity contribution in [3.8, 4) is 0 Å². The second-order valence-electron chi connectivity index (χ2n) is 14.4. The van der Waals surface area contributed by atoms with E-state index in [9.17, 15) is 33.8 Å². The minimum atomic E-state index is -4.89. The lowest BCUT2D eigenvalue weighted by atomic mass is 10.2. The smallest absolute Gasteiger partial charge is 0.462 e. The first-order chi connectivity index (χ1) is 30.8. The first-order valence-electron chi connectivity index (χ1n) is 22.3. The van der Waals surface area contributed by atoms with Crippen LogP contribution in [-0.4, -0.2) is 81.6 Å². The van der Waals surface area contributed by atoms with Gasteiger partial charge in [-0.05, 0) is 83.5 Å². The zero-order valence-corrected chi connectivity index (χ0v) is 39.7. The van der Waals surface area contributed by atoms with Gasteiger partial charge in [0.05, 0.1) is 25.9 Å². The largest absolute Gasteiger partial charge is 0.472 e. The molecular formula is C48H76O14P2. The normalized spacial score (nSPS) is 15.5. The summed E-state index contributed by atoms with van der Waals surface area (Å²) >= 11 is 0.